The van der Waals surface area contributed by atoms with Crippen molar-refractivity contribution in [2.24, 2.45) is 5.92 Å². The lowest BCUT2D eigenvalue weighted by molar-refractivity contribution is -0.154. The number of hydrogen-bond donors (Lipinski definition) is 1. The third-order valence-electron chi connectivity index (χ3n) is 15.1. The number of phosphoric acid groups is 1. The second-order valence-electron chi connectivity index (χ2n) is 25.9. The molecule has 3 heterocycles. The number of carbonyl (C=O) groups is 3. The predicted octanol–water partition coefficient (Wildman–Crippen LogP) is 13.2. The summed E-state index contributed by atoms with van der Waals surface area (Å²) in [5.41, 5.74) is -9.01. The van der Waals surface area contributed by atoms with Crippen molar-refractivity contribution in [1.29, 1.82) is 0 Å². The van der Waals surface area contributed by atoms with E-state index in [1.54, 1.807) is 20.8 Å². The monoisotopic (exact) mass is 1420 g/mol. The zero-order valence-corrected chi connectivity index (χ0v) is 56.7. The number of hydrogen-bond acceptors (Lipinski definition) is 15. The number of fused-ring (bicyclic) bond motifs is 4. The summed E-state index contributed by atoms with van der Waals surface area (Å²) in [4.78, 5) is 48.0. The normalized spacial score (nSPS) is 16.3. The molecule has 3 atom stereocenters. The molecule has 0 spiro atoms. The van der Waals surface area contributed by atoms with Gasteiger partial charge in [0.05, 0.1) is 52.5 Å². The molecule has 33 heteroatoms. The van der Waals surface area contributed by atoms with Gasteiger partial charge in [0, 0.05) is 52.3 Å². The van der Waals surface area contributed by atoms with Crippen molar-refractivity contribution in [3.63, 3.8) is 0 Å². The lowest BCUT2D eigenvalue weighted by Gasteiger charge is -2.32. The van der Waals surface area contributed by atoms with Crippen LogP contribution in [0, 0.1) is 29.4 Å². The zero-order valence-electron chi connectivity index (χ0n) is 53.4. The first kappa shape index (κ1) is 73.7. The topological polar surface area (TPSA) is 237 Å². The molecule has 0 aliphatic heterocycles. The first-order valence-electron chi connectivity index (χ1n) is 29.2. The van der Waals surface area contributed by atoms with Gasteiger partial charge in [-0.15, -0.1) is 0 Å². The average molecular weight is 1420 g/mol. The highest BCUT2D eigenvalue weighted by Gasteiger charge is 2.68. The third-order valence-corrected chi connectivity index (χ3v) is 20.2. The van der Waals surface area contributed by atoms with Crippen LogP contribution in [0.2, 0.25) is 5.02 Å². The summed E-state index contributed by atoms with van der Waals surface area (Å²) in [7, 11) is -13.7. The number of rotatable bonds is 22. The molecule has 1 N–H and O–H groups in total. The fourth-order valence-electron chi connectivity index (χ4n) is 11.2. The molecule has 2 amide bonds. The molecule has 0 radical (unpaired) electrons. The largest absolute Gasteiger partial charge is 0.530 e. The summed E-state index contributed by atoms with van der Waals surface area (Å²) in [6.07, 6.45) is -13.2. The van der Waals surface area contributed by atoms with Crippen LogP contribution < -0.4 is 14.1 Å². The van der Waals surface area contributed by atoms with Crippen molar-refractivity contribution in [1.82, 2.24) is 29.9 Å². The molecule has 2 aliphatic rings. The van der Waals surface area contributed by atoms with E-state index in [0.29, 0.717) is 12.3 Å². The van der Waals surface area contributed by atoms with Gasteiger partial charge in [-0.05, 0) is 135 Å². The highest BCUT2D eigenvalue weighted by atomic mass is 35.5. The van der Waals surface area contributed by atoms with E-state index in [0.717, 1.165) is 42.7 Å². The number of pyridine rings is 1. The standard InChI is InChI=1S/C62H67ClF10N7O12PS2/c1-32(2)90-93(84,91-33(3)4)92-45-16-14-15-35(26-48(83)89-57(5,6)7)51(45)58(8,9)29-47(82)80(95(13,87)88)56-50-43(63)20-19-40(53(50)79(77-56)31-60(66,67)68)39-18-17-38(21-22-59(10,11)94(12,85)86)74-52(39)44(25-34-23-36(64)27-37(65)24-34)75-46(81)30-78-55-49(54(76-78)62(71,72)73)41-28-42(41)61(55,69)70/h14-20,23-24,27,32-33,41-42,44H,25-26,28-31H2,1-13H3,(H,75,81)/t41-,42?,44-/m0/s1. The van der Waals surface area contributed by atoms with Gasteiger partial charge >= 0.3 is 26.1 Å². The Morgan fingerprint density at radius 3 is 2.02 bits per heavy atom. The number of anilines is 1. The molecule has 0 bridgehead atoms. The summed E-state index contributed by atoms with van der Waals surface area (Å²) in [5.74, 6) is -8.75. The van der Waals surface area contributed by atoms with E-state index in [1.807, 2.05) is 0 Å². The van der Waals surface area contributed by atoms with Gasteiger partial charge in [0.15, 0.2) is 21.3 Å². The molecule has 2 aliphatic carbocycles. The van der Waals surface area contributed by atoms with Crippen molar-refractivity contribution in [3.8, 4) is 28.7 Å². The number of sulfonamides is 1. The van der Waals surface area contributed by atoms with E-state index < -0.39 is 204 Å². The number of sulfone groups is 1. The average Bonchev–Trinajstić information content (AvgIpc) is 1.52. The Labute approximate surface area is 546 Å². The predicted molar refractivity (Wildman–Crippen MR) is 329 cm³/mol. The maximum absolute atomic E-state index is 15.8. The second-order valence-corrected chi connectivity index (χ2v) is 32.2. The number of nitrogens with one attached hydrogen (secondary N) is 1. The molecule has 1 saturated carbocycles. The summed E-state index contributed by atoms with van der Waals surface area (Å²) in [6.45, 7) is 12.8. The Hall–Kier alpha value is -7.10. The Morgan fingerprint density at radius 2 is 1.46 bits per heavy atom. The number of halogens is 11. The molecule has 8 rings (SSSR count). The minimum Gasteiger partial charge on any atom is -0.460 e. The number of amides is 2. The number of benzene rings is 3. The maximum atomic E-state index is 15.8. The van der Waals surface area contributed by atoms with E-state index >= 15 is 35.5 Å². The molecule has 19 nitrogen and oxygen atoms in total. The van der Waals surface area contributed by atoms with Gasteiger partial charge in [0.2, 0.25) is 21.8 Å². The van der Waals surface area contributed by atoms with E-state index in [4.69, 9.17) is 29.9 Å². The Morgan fingerprint density at radius 1 is 0.853 bits per heavy atom. The third kappa shape index (κ3) is 16.7. The molecular weight excluding hydrogens is 1360 g/mol. The second kappa shape index (κ2) is 26.0. The minimum atomic E-state index is -5.27. The Bertz CT molecular complexity index is 4370. The molecule has 95 heavy (non-hydrogen) atoms. The van der Waals surface area contributed by atoms with Crippen LogP contribution in [0.3, 0.4) is 0 Å². The van der Waals surface area contributed by atoms with Crippen molar-refractivity contribution in [2.45, 2.75) is 173 Å². The molecule has 0 saturated heterocycles. The lowest BCUT2D eigenvalue weighted by Crippen LogP contribution is -2.40. The van der Waals surface area contributed by atoms with Gasteiger partial charge < -0.3 is 14.6 Å². The SMILES string of the molecule is CC(C)OP(=O)(Oc1cccc(CC(=O)OC(C)(C)C)c1C(C)(C)CC(=O)N(c1nn(CC(F)(F)F)c2c(-c3ccc(C#CC(C)(C)S(C)(=O)=O)nc3[C@H](Cc3cc(F)cc(F)c3)NC(=O)Cn3nc(C(F)(F)F)c4c3C(F)(F)C3C[C@H]43)ccc(Cl)c12)S(C)(=O)=O)OC(C)C. The van der Waals surface area contributed by atoms with E-state index in [-0.39, 0.29) is 53.8 Å². The molecule has 3 aromatic heterocycles. The molecule has 1 unspecified atom stereocenters. The number of carbonyl (C=O) groups excluding carboxylic acids is 3. The number of aromatic nitrogens is 5. The van der Waals surface area contributed by atoms with Gasteiger partial charge in [-0.2, -0.15) is 49.6 Å². The van der Waals surface area contributed by atoms with Crippen LogP contribution in [0.4, 0.5) is 49.7 Å². The number of phosphoric ester groups is 1. The number of esters is 1. The first-order valence-corrected chi connectivity index (χ1v) is 34.8. The van der Waals surface area contributed by atoms with Gasteiger partial charge in [-0.25, -0.2) is 35.2 Å². The quantitative estimate of drug-likeness (QED) is 0.0288. The van der Waals surface area contributed by atoms with Crippen molar-refractivity contribution in [3.05, 3.63) is 122 Å². The number of ether oxygens (including phenoxy) is 1. The van der Waals surface area contributed by atoms with Crippen molar-refractivity contribution < 1.29 is 98.0 Å². The minimum absolute atomic E-state index is 0.0370. The van der Waals surface area contributed by atoms with Crippen LogP contribution >= 0.6 is 19.4 Å². The highest BCUT2D eigenvalue weighted by molar-refractivity contribution is 7.93. The van der Waals surface area contributed by atoms with E-state index in [1.165, 1.54) is 73.6 Å². The molecular formula is C62H67ClF10N7O12PS2. The van der Waals surface area contributed by atoms with Crippen LogP contribution in [-0.2, 0) is 96.0 Å². The van der Waals surface area contributed by atoms with Gasteiger partial charge in [0.1, 0.15) is 52.2 Å². The van der Waals surface area contributed by atoms with Crippen LogP contribution in [0.15, 0.2) is 60.7 Å². The molecule has 516 valence electrons. The number of nitrogens with zero attached hydrogens (tertiary/aromatic N) is 6. The fraction of sp³-hybridized carbons (Fsp3) is 0.484. The molecule has 1 fully saturated rings. The van der Waals surface area contributed by atoms with Crippen molar-refractivity contribution >= 4 is 73.8 Å². The van der Waals surface area contributed by atoms with Crippen molar-refractivity contribution in [2.75, 3.05) is 16.8 Å². The van der Waals surface area contributed by atoms with Crippen LogP contribution in [0.25, 0.3) is 22.0 Å². The van der Waals surface area contributed by atoms with Gasteiger partial charge in [0.25, 0.3) is 5.92 Å². The maximum Gasteiger partial charge on any atom is 0.530 e. The fourth-order valence-corrected chi connectivity index (χ4v) is 14.1. The number of alkyl halides is 8. The Balaban J connectivity index is 1.35. The molecule has 3 aromatic carbocycles. The van der Waals surface area contributed by atoms with Crippen LogP contribution in [0.5, 0.6) is 5.75 Å². The molecule has 6 aromatic rings. The van der Waals surface area contributed by atoms with Crippen LogP contribution in [-0.4, -0.2) is 100 Å². The van der Waals surface area contributed by atoms with E-state index in [2.05, 4.69) is 32.3 Å². The first-order chi connectivity index (χ1) is 43.4. The summed E-state index contributed by atoms with van der Waals surface area (Å²) >= 11 is 6.92. The van der Waals surface area contributed by atoms with E-state index in [9.17, 15) is 44.2 Å². The highest BCUT2D eigenvalue weighted by Crippen LogP contribution is 2.68. The summed E-state index contributed by atoms with van der Waals surface area (Å²) in [6, 6.07) is 8.76. The smallest absolute Gasteiger partial charge is 0.460 e. The lowest BCUT2D eigenvalue weighted by atomic mass is 9.77. The van der Waals surface area contributed by atoms with Gasteiger partial charge in [-0.3, -0.25) is 32.8 Å². The summed E-state index contributed by atoms with van der Waals surface area (Å²) in [5, 5.41) is 8.78. The van der Waals surface area contributed by atoms with Crippen LogP contribution in [0.1, 0.15) is 146 Å². The summed E-state index contributed by atoms with van der Waals surface area (Å²) < 4.78 is 241. The zero-order chi connectivity index (χ0) is 71.1. The van der Waals surface area contributed by atoms with Gasteiger partial charge in [-0.1, -0.05) is 49.6 Å². The Kier molecular flexibility index (Phi) is 20.2.